The third-order valence-electron chi connectivity index (χ3n) is 4.50. The van der Waals surface area contributed by atoms with Gasteiger partial charge in [-0.3, -0.25) is 4.79 Å². The molecule has 2 N–H and O–H groups in total. The molecule has 0 saturated carbocycles. The van der Waals surface area contributed by atoms with Crippen LogP contribution in [0.4, 0.5) is 0 Å². The van der Waals surface area contributed by atoms with Gasteiger partial charge >= 0.3 is 0 Å². The molecular weight excluding hydrogens is 356 g/mol. The minimum absolute atomic E-state index is 0.208. The zero-order chi connectivity index (χ0) is 18.9. The zero-order valence-corrected chi connectivity index (χ0v) is 14.8. The van der Waals surface area contributed by atoms with Crippen molar-refractivity contribution in [1.29, 1.82) is 0 Å². The first-order chi connectivity index (χ1) is 13.8. The van der Waals surface area contributed by atoms with Crippen LogP contribution in [-0.4, -0.2) is 27.6 Å². The van der Waals surface area contributed by atoms with Gasteiger partial charge < -0.3 is 19.2 Å². The molecule has 28 heavy (non-hydrogen) atoms. The van der Waals surface area contributed by atoms with E-state index in [0.717, 1.165) is 27.8 Å². The van der Waals surface area contributed by atoms with E-state index in [1.165, 1.54) is 0 Å². The standard InChI is InChI=1S/C21H16N4O3/c26-21(22-10-9-20-23-14-6-2-3-7-15(14)24-20)16-12-19(28-25-16)18-11-13-5-1-4-8-17(13)27-18/h1-8,11-12H,9-10H2,(H,22,26)(H,23,24). The van der Waals surface area contributed by atoms with Crippen LogP contribution >= 0.6 is 0 Å². The number of imidazole rings is 1. The molecule has 0 fully saturated rings. The summed E-state index contributed by atoms with van der Waals surface area (Å²) < 4.78 is 11.0. The second-order valence-corrected chi connectivity index (χ2v) is 6.43. The van der Waals surface area contributed by atoms with E-state index in [1.54, 1.807) is 6.07 Å². The predicted octanol–water partition coefficient (Wildman–Crippen LogP) is 3.94. The van der Waals surface area contributed by atoms with Crippen LogP contribution in [0.3, 0.4) is 0 Å². The SMILES string of the molecule is O=C(NCCc1nc2ccccc2[nH]1)c1cc(-c2cc3ccccc3o2)on1. The fourth-order valence-corrected chi connectivity index (χ4v) is 3.11. The zero-order valence-electron chi connectivity index (χ0n) is 14.8. The minimum Gasteiger partial charge on any atom is -0.453 e. The molecule has 7 nitrogen and oxygen atoms in total. The molecular formula is C21H16N4O3. The Morgan fingerprint density at radius 2 is 1.89 bits per heavy atom. The Kier molecular flexibility index (Phi) is 3.90. The van der Waals surface area contributed by atoms with E-state index in [0.29, 0.717) is 24.5 Å². The van der Waals surface area contributed by atoms with Gasteiger partial charge in [0.2, 0.25) is 5.76 Å². The van der Waals surface area contributed by atoms with Gasteiger partial charge in [0.15, 0.2) is 11.5 Å². The lowest BCUT2D eigenvalue weighted by atomic mass is 10.2. The Hall–Kier alpha value is -3.87. The molecule has 138 valence electrons. The van der Waals surface area contributed by atoms with Crippen LogP contribution in [0.15, 0.2) is 69.6 Å². The molecule has 0 bridgehead atoms. The van der Waals surface area contributed by atoms with Crippen LogP contribution in [0, 0.1) is 0 Å². The molecule has 7 heteroatoms. The third-order valence-corrected chi connectivity index (χ3v) is 4.50. The number of hydrogen-bond donors (Lipinski definition) is 2. The molecule has 0 atom stereocenters. The molecule has 0 aliphatic rings. The van der Waals surface area contributed by atoms with E-state index in [1.807, 2.05) is 54.6 Å². The molecule has 5 aromatic rings. The predicted molar refractivity (Wildman–Crippen MR) is 104 cm³/mol. The molecule has 5 rings (SSSR count). The molecule has 0 aliphatic carbocycles. The number of hydrogen-bond acceptors (Lipinski definition) is 5. The van der Waals surface area contributed by atoms with E-state index in [2.05, 4.69) is 20.4 Å². The van der Waals surface area contributed by atoms with Crippen molar-refractivity contribution in [2.75, 3.05) is 6.54 Å². The van der Waals surface area contributed by atoms with Gasteiger partial charge in [-0.05, 0) is 24.3 Å². The number of carbonyl (C=O) groups excluding carboxylic acids is 1. The van der Waals surface area contributed by atoms with Crippen LogP contribution in [0.25, 0.3) is 33.5 Å². The van der Waals surface area contributed by atoms with Gasteiger partial charge in [-0.2, -0.15) is 0 Å². The normalized spacial score (nSPS) is 11.3. The Bertz CT molecular complexity index is 1220. The summed E-state index contributed by atoms with van der Waals surface area (Å²) in [6, 6.07) is 18.9. The lowest BCUT2D eigenvalue weighted by molar-refractivity contribution is 0.0945. The lowest BCUT2D eigenvalue weighted by Gasteiger charge is -2.00. The Balaban J connectivity index is 1.24. The minimum atomic E-state index is -0.303. The highest BCUT2D eigenvalue weighted by Gasteiger charge is 2.16. The summed E-state index contributed by atoms with van der Waals surface area (Å²) in [5.74, 6) is 1.47. The number of benzene rings is 2. The number of aromatic amines is 1. The molecule has 2 aromatic carbocycles. The summed E-state index contributed by atoms with van der Waals surface area (Å²) in [7, 11) is 0. The number of aromatic nitrogens is 3. The van der Waals surface area contributed by atoms with E-state index in [9.17, 15) is 4.79 Å². The maximum Gasteiger partial charge on any atom is 0.273 e. The van der Waals surface area contributed by atoms with E-state index in [4.69, 9.17) is 8.94 Å². The number of nitrogens with one attached hydrogen (secondary N) is 2. The number of furan rings is 1. The summed E-state index contributed by atoms with van der Waals surface area (Å²) in [6.45, 7) is 0.436. The third kappa shape index (κ3) is 3.03. The summed E-state index contributed by atoms with van der Waals surface area (Å²) in [5.41, 5.74) is 2.86. The van der Waals surface area contributed by atoms with Gasteiger partial charge in [0, 0.05) is 24.4 Å². The van der Waals surface area contributed by atoms with Crippen LogP contribution in [-0.2, 0) is 6.42 Å². The highest BCUT2D eigenvalue weighted by Crippen LogP contribution is 2.28. The van der Waals surface area contributed by atoms with E-state index >= 15 is 0 Å². The van der Waals surface area contributed by atoms with E-state index < -0.39 is 0 Å². The van der Waals surface area contributed by atoms with Crippen molar-refractivity contribution in [3.63, 3.8) is 0 Å². The monoisotopic (exact) mass is 372 g/mol. The highest BCUT2D eigenvalue weighted by molar-refractivity contribution is 5.93. The number of carbonyl (C=O) groups is 1. The molecule has 0 unspecified atom stereocenters. The van der Waals surface area contributed by atoms with Crippen LogP contribution in [0.5, 0.6) is 0 Å². The number of rotatable bonds is 5. The van der Waals surface area contributed by atoms with Crippen molar-refractivity contribution in [1.82, 2.24) is 20.4 Å². The number of H-pyrrole nitrogens is 1. The van der Waals surface area contributed by atoms with Crippen molar-refractivity contribution in [3.05, 3.63) is 72.2 Å². The number of nitrogens with zero attached hydrogens (tertiary/aromatic N) is 2. The molecule has 1 amide bonds. The second kappa shape index (κ2) is 6.70. The number of fused-ring (bicyclic) bond motifs is 2. The van der Waals surface area contributed by atoms with Crippen molar-refractivity contribution in [2.45, 2.75) is 6.42 Å². The molecule has 0 saturated heterocycles. The second-order valence-electron chi connectivity index (χ2n) is 6.43. The summed E-state index contributed by atoms with van der Waals surface area (Å²) in [5, 5.41) is 7.65. The maximum atomic E-state index is 12.3. The molecule has 0 aliphatic heterocycles. The Morgan fingerprint density at radius 1 is 1.04 bits per heavy atom. The lowest BCUT2D eigenvalue weighted by Crippen LogP contribution is -2.26. The average molecular weight is 372 g/mol. The number of para-hydroxylation sites is 3. The first-order valence-corrected chi connectivity index (χ1v) is 8.94. The fourth-order valence-electron chi connectivity index (χ4n) is 3.11. The Labute approximate surface area is 159 Å². The van der Waals surface area contributed by atoms with E-state index in [-0.39, 0.29) is 11.6 Å². The van der Waals surface area contributed by atoms with Crippen molar-refractivity contribution in [3.8, 4) is 11.5 Å². The van der Waals surface area contributed by atoms with Crippen LogP contribution < -0.4 is 5.32 Å². The quantitative estimate of drug-likeness (QED) is 0.487. The van der Waals surface area contributed by atoms with Crippen molar-refractivity contribution in [2.24, 2.45) is 0 Å². The highest BCUT2D eigenvalue weighted by atomic mass is 16.5. The van der Waals surface area contributed by atoms with Gasteiger partial charge in [-0.1, -0.05) is 35.5 Å². The first-order valence-electron chi connectivity index (χ1n) is 8.94. The maximum absolute atomic E-state index is 12.3. The van der Waals surface area contributed by atoms with Gasteiger partial charge in [0.05, 0.1) is 11.0 Å². The average Bonchev–Trinajstić information content (AvgIpc) is 3.44. The Morgan fingerprint density at radius 3 is 2.79 bits per heavy atom. The smallest absolute Gasteiger partial charge is 0.273 e. The van der Waals surface area contributed by atoms with Gasteiger partial charge in [-0.25, -0.2) is 4.98 Å². The molecule has 0 radical (unpaired) electrons. The topological polar surface area (TPSA) is 97.0 Å². The van der Waals surface area contributed by atoms with Crippen LogP contribution in [0.1, 0.15) is 16.3 Å². The van der Waals surface area contributed by atoms with Crippen molar-refractivity contribution >= 4 is 27.9 Å². The molecule has 3 heterocycles. The van der Waals surface area contributed by atoms with Gasteiger partial charge in [0.25, 0.3) is 5.91 Å². The largest absolute Gasteiger partial charge is 0.453 e. The fraction of sp³-hybridized carbons (Fsp3) is 0.0952. The summed E-state index contributed by atoms with van der Waals surface area (Å²) >= 11 is 0. The number of amides is 1. The first kappa shape index (κ1) is 16.3. The van der Waals surface area contributed by atoms with Gasteiger partial charge in [-0.15, -0.1) is 0 Å². The van der Waals surface area contributed by atoms with Gasteiger partial charge in [0.1, 0.15) is 11.4 Å². The summed E-state index contributed by atoms with van der Waals surface area (Å²) in [4.78, 5) is 20.1. The molecule has 0 spiro atoms. The molecule has 3 aromatic heterocycles. The van der Waals surface area contributed by atoms with Crippen molar-refractivity contribution < 1.29 is 13.7 Å². The van der Waals surface area contributed by atoms with Crippen LogP contribution in [0.2, 0.25) is 0 Å². The summed E-state index contributed by atoms with van der Waals surface area (Å²) in [6.07, 6.45) is 0.592.